The van der Waals surface area contributed by atoms with Gasteiger partial charge in [-0.15, -0.1) is 0 Å². The zero-order valence-corrected chi connectivity index (χ0v) is 9.32. The van der Waals surface area contributed by atoms with Gasteiger partial charge in [0.2, 0.25) is 5.91 Å². The maximum atomic E-state index is 12.0. The average Bonchev–Trinajstić information content (AvgIpc) is 3.04. The molecule has 2 rings (SSSR count). The van der Waals surface area contributed by atoms with Crippen molar-refractivity contribution < 1.29 is 9.53 Å². The monoisotopic (exact) mass is 212 g/mol. The number of hydrogen-bond donors (Lipinski definition) is 1. The lowest BCUT2D eigenvalue weighted by Crippen LogP contribution is -2.50. The van der Waals surface area contributed by atoms with Crippen molar-refractivity contribution in [3.05, 3.63) is 0 Å². The topological polar surface area (TPSA) is 55.6 Å². The third kappa shape index (κ3) is 2.49. The molecule has 0 spiro atoms. The largest absolute Gasteiger partial charge is 0.381 e. The Bertz CT molecular complexity index is 233. The molecule has 1 heterocycles. The molecule has 1 saturated carbocycles. The fourth-order valence-corrected chi connectivity index (χ4v) is 2.21. The molecule has 2 aliphatic rings. The molecule has 15 heavy (non-hydrogen) atoms. The molecule has 4 nitrogen and oxygen atoms in total. The quantitative estimate of drug-likeness (QED) is 0.741. The molecule has 0 unspecified atom stereocenters. The Morgan fingerprint density at radius 1 is 1.27 bits per heavy atom. The Labute approximate surface area is 90.8 Å². The normalized spacial score (nSPS) is 24.9. The van der Waals surface area contributed by atoms with Gasteiger partial charge in [0.15, 0.2) is 0 Å². The van der Waals surface area contributed by atoms with Crippen LogP contribution < -0.4 is 5.73 Å². The van der Waals surface area contributed by atoms with E-state index in [0.717, 1.165) is 38.9 Å². The zero-order valence-electron chi connectivity index (χ0n) is 9.32. The van der Waals surface area contributed by atoms with E-state index < -0.39 is 0 Å². The second-order valence-electron chi connectivity index (χ2n) is 4.61. The Balaban J connectivity index is 2.01. The number of nitrogens with zero attached hydrogens (tertiary/aromatic N) is 1. The van der Waals surface area contributed by atoms with E-state index in [0.29, 0.717) is 12.1 Å². The van der Waals surface area contributed by atoms with Gasteiger partial charge in [-0.3, -0.25) is 4.79 Å². The molecule has 1 aliphatic carbocycles. The second kappa shape index (κ2) is 4.49. The first-order valence-electron chi connectivity index (χ1n) is 5.85. The summed E-state index contributed by atoms with van der Waals surface area (Å²) in [6, 6.07) is 0.463. The van der Waals surface area contributed by atoms with Crippen molar-refractivity contribution in [1.82, 2.24) is 4.90 Å². The number of hydrogen-bond acceptors (Lipinski definition) is 3. The van der Waals surface area contributed by atoms with Crippen molar-refractivity contribution in [3.63, 3.8) is 0 Å². The fraction of sp³-hybridized carbons (Fsp3) is 0.909. The van der Waals surface area contributed by atoms with Crippen LogP contribution in [0.25, 0.3) is 0 Å². The smallest absolute Gasteiger partial charge is 0.239 e. The number of ether oxygens (including phenoxy) is 1. The summed E-state index contributed by atoms with van der Waals surface area (Å²) >= 11 is 0. The third-order valence-corrected chi connectivity index (χ3v) is 3.17. The van der Waals surface area contributed by atoms with E-state index in [1.54, 1.807) is 6.92 Å². The van der Waals surface area contributed by atoms with E-state index in [2.05, 4.69) is 0 Å². The Morgan fingerprint density at radius 3 is 2.27 bits per heavy atom. The van der Waals surface area contributed by atoms with Crippen LogP contribution in [0.2, 0.25) is 0 Å². The summed E-state index contributed by atoms with van der Waals surface area (Å²) in [5.74, 6) is 0.115. The van der Waals surface area contributed by atoms with Gasteiger partial charge in [-0.25, -0.2) is 0 Å². The van der Waals surface area contributed by atoms with Gasteiger partial charge in [-0.2, -0.15) is 0 Å². The van der Waals surface area contributed by atoms with Crippen molar-refractivity contribution in [1.29, 1.82) is 0 Å². The molecule has 0 radical (unpaired) electrons. The first-order valence-corrected chi connectivity index (χ1v) is 5.85. The minimum Gasteiger partial charge on any atom is -0.381 e. The molecule has 4 heteroatoms. The third-order valence-electron chi connectivity index (χ3n) is 3.17. The maximum Gasteiger partial charge on any atom is 0.239 e. The Kier molecular flexibility index (Phi) is 3.26. The van der Waals surface area contributed by atoms with Gasteiger partial charge in [0.05, 0.1) is 6.04 Å². The predicted molar refractivity (Wildman–Crippen MR) is 57.4 cm³/mol. The lowest BCUT2D eigenvalue weighted by molar-refractivity contribution is -0.137. The summed E-state index contributed by atoms with van der Waals surface area (Å²) in [6.45, 7) is 3.33. The highest BCUT2D eigenvalue weighted by molar-refractivity contribution is 5.82. The number of carbonyl (C=O) groups is 1. The highest BCUT2D eigenvalue weighted by atomic mass is 16.5. The van der Waals surface area contributed by atoms with Gasteiger partial charge in [0, 0.05) is 25.3 Å². The number of nitrogens with two attached hydrogens (primary N) is 1. The number of rotatable bonds is 3. The van der Waals surface area contributed by atoms with Crippen LogP contribution in [0.3, 0.4) is 0 Å². The highest BCUT2D eigenvalue weighted by Gasteiger charge is 2.38. The minimum absolute atomic E-state index is 0.115. The van der Waals surface area contributed by atoms with Crippen LogP contribution in [0.15, 0.2) is 0 Å². The van der Waals surface area contributed by atoms with Crippen LogP contribution in [0.4, 0.5) is 0 Å². The molecule has 1 saturated heterocycles. The van der Waals surface area contributed by atoms with E-state index in [1.165, 1.54) is 0 Å². The molecule has 0 aromatic heterocycles. The predicted octanol–water partition coefficient (Wildman–Crippen LogP) is 0.504. The van der Waals surface area contributed by atoms with Gasteiger partial charge in [-0.05, 0) is 32.6 Å². The Morgan fingerprint density at radius 2 is 1.80 bits per heavy atom. The summed E-state index contributed by atoms with van der Waals surface area (Å²) in [7, 11) is 0. The van der Waals surface area contributed by atoms with Crippen LogP contribution in [-0.4, -0.2) is 42.1 Å². The van der Waals surface area contributed by atoms with E-state index >= 15 is 0 Å². The highest BCUT2D eigenvalue weighted by Crippen LogP contribution is 2.31. The molecule has 86 valence electrons. The average molecular weight is 212 g/mol. The molecule has 0 aromatic rings. The summed E-state index contributed by atoms with van der Waals surface area (Å²) in [5.41, 5.74) is 5.69. The summed E-state index contributed by atoms with van der Waals surface area (Å²) in [6.07, 6.45) is 4.23. The molecule has 2 N–H and O–H groups in total. The van der Waals surface area contributed by atoms with Gasteiger partial charge in [0.1, 0.15) is 0 Å². The lowest BCUT2D eigenvalue weighted by atomic mass is 10.1. The molecular formula is C11H20N2O2. The van der Waals surface area contributed by atoms with Crippen molar-refractivity contribution in [2.75, 3.05) is 13.2 Å². The van der Waals surface area contributed by atoms with Crippen molar-refractivity contribution in [2.24, 2.45) is 5.73 Å². The Hall–Kier alpha value is -0.610. The molecule has 1 aliphatic heterocycles. The van der Waals surface area contributed by atoms with Crippen molar-refractivity contribution in [2.45, 2.75) is 50.7 Å². The van der Waals surface area contributed by atoms with E-state index in [-0.39, 0.29) is 11.9 Å². The van der Waals surface area contributed by atoms with E-state index in [4.69, 9.17) is 10.5 Å². The summed E-state index contributed by atoms with van der Waals surface area (Å²) in [4.78, 5) is 14.0. The molecule has 1 amide bonds. The fourth-order valence-electron chi connectivity index (χ4n) is 2.21. The molecule has 2 fully saturated rings. The van der Waals surface area contributed by atoms with Crippen LogP contribution in [0.1, 0.15) is 32.6 Å². The minimum atomic E-state index is -0.367. The second-order valence-corrected chi connectivity index (χ2v) is 4.61. The summed E-state index contributed by atoms with van der Waals surface area (Å²) < 4.78 is 5.32. The van der Waals surface area contributed by atoms with E-state index in [1.807, 2.05) is 4.90 Å². The van der Waals surface area contributed by atoms with Crippen LogP contribution in [0.5, 0.6) is 0 Å². The molecular weight excluding hydrogens is 192 g/mol. The van der Waals surface area contributed by atoms with Gasteiger partial charge < -0.3 is 15.4 Å². The molecule has 1 atom stereocenters. The molecule has 0 bridgehead atoms. The first-order chi connectivity index (χ1) is 7.20. The first kappa shape index (κ1) is 10.9. The van der Waals surface area contributed by atoms with Gasteiger partial charge >= 0.3 is 0 Å². The lowest BCUT2D eigenvalue weighted by Gasteiger charge is -2.35. The van der Waals surface area contributed by atoms with Crippen molar-refractivity contribution in [3.8, 4) is 0 Å². The van der Waals surface area contributed by atoms with Crippen LogP contribution in [-0.2, 0) is 9.53 Å². The van der Waals surface area contributed by atoms with Gasteiger partial charge in [0.25, 0.3) is 0 Å². The zero-order chi connectivity index (χ0) is 10.8. The van der Waals surface area contributed by atoms with Crippen molar-refractivity contribution >= 4 is 5.91 Å². The van der Waals surface area contributed by atoms with Gasteiger partial charge in [-0.1, -0.05) is 0 Å². The summed E-state index contributed by atoms with van der Waals surface area (Å²) in [5, 5.41) is 0. The SMILES string of the molecule is C[C@H](N)C(=O)N(C1CCOCC1)C1CC1. The standard InChI is InChI=1S/C11H20N2O2/c1-8(12)11(14)13(9-2-3-9)10-4-6-15-7-5-10/h8-10H,2-7,12H2,1H3/t8-/m0/s1. The number of carbonyl (C=O) groups excluding carboxylic acids is 1. The number of amides is 1. The van der Waals surface area contributed by atoms with E-state index in [9.17, 15) is 4.79 Å². The maximum absolute atomic E-state index is 12.0. The molecule has 0 aromatic carbocycles. The van der Waals surface area contributed by atoms with Crippen LogP contribution in [0, 0.1) is 0 Å². The van der Waals surface area contributed by atoms with Crippen LogP contribution >= 0.6 is 0 Å².